The zero-order chi connectivity index (χ0) is 19.2. The minimum atomic E-state index is -1.96. The Morgan fingerprint density at radius 3 is 2.12 bits per heavy atom. The first-order valence-corrected chi connectivity index (χ1v) is 11.4. The Kier molecular flexibility index (Phi) is 9.10. The van der Waals surface area contributed by atoms with Gasteiger partial charge in [0.2, 0.25) is 6.29 Å². The number of quaternary nitrogens is 1. The van der Waals surface area contributed by atoms with Crippen LogP contribution in [0.3, 0.4) is 0 Å². The summed E-state index contributed by atoms with van der Waals surface area (Å²) in [4.78, 5) is 12.2. The third-order valence-corrected chi connectivity index (χ3v) is 8.67. The number of hydrogen-bond donors (Lipinski definition) is 0. The van der Waals surface area contributed by atoms with Crippen molar-refractivity contribution in [2.75, 3.05) is 41.6 Å². The van der Waals surface area contributed by atoms with Gasteiger partial charge in [0.05, 0.1) is 27.6 Å². The molecule has 0 saturated carbocycles. The second kappa shape index (κ2) is 9.29. The van der Waals surface area contributed by atoms with E-state index in [0.717, 1.165) is 11.0 Å². The Labute approximate surface area is 149 Å². The van der Waals surface area contributed by atoms with E-state index >= 15 is 0 Å². The molecule has 0 aromatic carbocycles. The molecule has 0 aliphatic rings. The van der Waals surface area contributed by atoms with Gasteiger partial charge in [-0.05, 0) is 25.1 Å². The summed E-state index contributed by atoms with van der Waals surface area (Å²) in [7, 11) is 5.85. The molecule has 0 aliphatic heterocycles. The van der Waals surface area contributed by atoms with Crippen molar-refractivity contribution < 1.29 is 27.9 Å². The van der Waals surface area contributed by atoms with E-state index in [1.54, 1.807) is 6.92 Å². The Morgan fingerprint density at radius 2 is 1.71 bits per heavy atom. The summed E-state index contributed by atoms with van der Waals surface area (Å²) in [5.41, 5.74) is 0. The largest absolute Gasteiger partial charge is 0.436 e. The highest BCUT2D eigenvalue weighted by Crippen LogP contribution is 2.37. The first-order valence-electron chi connectivity index (χ1n) is 8.46. The number of methoxy groups -OCH3 is 1. The zero-order valence-electron chi connectivity index (χ0n) is 17.3. The minimum absolute atomic E-state index is 0.0922. The number of likely N-dealkylation sites (N-methyl/N-ethyl adjacent to an activating group) is 1. The van der Waals surface area contributed by atoms with Crippen LogP contribution in [0.25, 0.3) is 0 Å². The van der Waals surface area contributed by atoms with E-state index in [-0.39, 0.29) is 30.3 Å². The molecule has 2 unspecified atom stereocenters. The van der Waals surface area contributed by atoms with Crippen LogP contribution in [0, 0.1) is 0 Å². The molecule has 6 nitrogen and oxygen atoms in total. The topological polar surface area (TPSA) is 54.0 Å². The molecule has 0 rings (SSSR count). The standard InChI is InChI=1S/C17H38NO5Si/c1-14(21-13-20-8)22-16(19)11-15(12-18(5,6)7)23-24(9,10)17(2,3)4/h14-15H,11-13H2,1-10H3/q+1. The van der Waals surface area contributed by atoms with Crippen LogP contribution in [0.4, 0.5) is 0 Å². The van der Waals surface area contributed by atoms with Gasteiger partial charge in [-0.1, -0.05) is 20.8 Å². The molecule has 2 atom stereocenters. The molecule has 0 radical (unpaired) electrons. The van der Waals surface area contributed by atoms with Crippen molar-refractivity contribution in [1.82, 2.24) is 0 Å². The molecule has 0 N–H and O–H groups in total. The SMILES string of the molecule is COCOC(C)OC(=O)CC(C[N+](C)(C)C)O[Si](C)(C)C(C)(C)C. The maximum absolute atomic E-state index is 12.2. The lowest BCUT2D eigenvalue weighted by Crippen LogP contribution is -2.50. The summed E-state index contributed by atoms with van der Waals surface area (Å²) in [6, 6.07) is 0. The molecule has 0 aromatic heterocycles. The monoisotopic (exact) mass is 364 g/mol. The summed E-state index contributed by atoms with van der Waals surface area (Å²) in [6.45, 7) is 13.5. The Hall–Kier alpha value is -0.473. The summed E-state index contributed by atoms with van der Waals surface area (Å²) in [5, 5.41) is 0.0922. The summed E-state index contributed by atoms with van der Waals surface area (Å²) in [6.07, 6.45) is -0.578. The summed E-state index contributed by atoms with van der Waals surface area (Å²) in [5.74, 6) is -0.309. The molecule has 0 aromatic rings. The predicted octanol–water partition coefficient (Wildman–Crippen LogP) is 2.98. The van der Waals surface area contributed by atoms with Crippen molar-refractivity contribution in [1.29, 1.82) is 0 Å². The van der Waals surface area contributed by atoms with E-state index in [1.807, 2.05) is 0 Å². The molecule has 0 fully saturated rings. The molecule has 0 aliphatic carbocycles. The van der Waals surface area contributed by atoms with E-state index in [9.17, 15) is 4.79 Å². The van der Waals surface area contributed by atoms with Gasteiger partial charge in [0.15, 0.2) is 15.1 Å². The molecule has 0 amide bonds. The van der Waals surface area contributed by atoms with E-state index in [4.69, 9.17) is 18.6 Å². The van der Waals surface area contributed by atoms with Crippen LogP contribution in [0.15, 0.2) is 0 Å². The Bertz CT molecular complexity index is 387. The van der Waals surface area contributed by atoms with Crippen molar-refractivity contribution in [2.24, 2.45) is 0 Å². The van der Waals surface area contributed by atoms with Gasteiger partial charge in [-0.15, -0.1) is 0 Å². The fourth-order valence-corrected chi connectivity index (χ4v) is 3.31. The van der Waals surface area contributed by atoms with Crippen LogP contribution in [0.1, 0.15) is 34.1 Å². The average molecular weight is 365 g/mol. The minimum Gasteiger partial charge on any atom is -0.436 e. The van der Waals surface area contributed by atoms with Crippen molar-refractivity contribution in [2.45, 2.75) is 64.6 Å². The smallest absolute Gasteiger partial charge is 0.310 e. The molecule has 0 heterocycles. The number of ether oxygens (including phenoxy) is 3. The van der Waals surface area contributed by atoms with E-state index in [2.05, 4.69) is 55.0 Å². The highest BCUT2D eigenvalue weighted by atomic mass is 28.4. The lowest BCUT2D eigenvalue weighted by atomic mass is 10.2. The number of rotatable bonds is 10. The van der Waals surface area contributed by atoms with Crippen molar-refractivity contribution in [3.05, 3.63) is 0 Å². The van der Waals surface area contributed by atoms with Crippen LogP contribution < -0.4 is 0 Å². The number of carbonyl (C=O) groups excluding carboxylic acids is 1. The van der Waals surface area contributed by atoms with E-state index in [1.165, 1.54) is 7.11 Å². The van der Waals surface area contributed by atoms with Gasteiger partial charge in [-0.3, -0.25) is 4.79 Å². The molecule has 0 saturated heterocycles. The van der Waals surface area contributed by atoms with Crippen molar-refractivity contribution in [3.8, 4) is 0 Å². The highest BCUT2D eigenvalue weighted by molar-refractivity contribution is 6.74. The summed E-state index contributed by atoms with van der Waals surface area (Å²) < 4.78 is 22.5. The summed E-state index contributed by atoms with van der Waals surface area (Å²) >= 11 is 0. The molecular formula is C17H38NO5Si+. The first-order chi connectivity index (χ1) is 10.7. The average Bonchev–Trinajstić information content (AvgIpc) is 2.31. The highest BCUT2D eigenvalue weighted by Gasteiger charge is 2.40. The molecular weight excluding hydrogens is 326 g/mol. The number of esters is 1. The van der Waals surface area contributed by atoms with Gasteiger partial charge in [-0.2, -0.15) is 0 Å². The van der Waals surface area contributed by atoms with E-state index < -0.39 is 14.6 Å². The lowest BCUT2D eigenvalue weighted by molar-refractivity contribution is -0.873. The second-order valence-electron chi connectivity index (χ2n) is 8.81. The van der Waals surface area contributed by atoms with Gasteiger partial charge < -0.3 is 23.1 Å². The van der Waals surface area contributed by atoms with Gasteiger partial charge in [0.1, 0.15) is 12.6 Å². The maximum Gasteiger partial charge on any atom is 0.310 e. The van der Waals surface area contributed by atoms with Crippen LogP contribution in [-0.4, -0.2) is 72.8 Å². The third kappa shape index (κ3) is 9.73. The molecule has 0 spiro atoms. The maximum atomic E-state index is 12.2. The Morgan fingerprint density at radius 1 is 1.17 bits per heavy atom. The molecule has 7 heteroatoms. The van der Waals surface area contributed by atoms with Crippen molar-refractivity contribution >= 4 is 14.3 Å². The van der Waals surface area contributed by atoms with Crippen LogP contribution >= 0.6 is 0 Å². The quantitative estimate of drug-likeness (QED) is 0.258. The predicted molar refractivity (Wildman–Crippen MR) is 98.1 cm³/mol. The normalized spacial score (nSPS) is 15.9. The van der Waals surface area contributed by atoms with Gasteiger partial charge in [0, 0.05) is 7.11 Å². The number of carbonyl (C=O) groups is 1. The van der Waals surface area contributed by atoms with Crippen LogP contribution in [0.2, 0.25) is 18.1 Å². The second-order valence-corrected chi connectivity index (χ2v) is 13.6. The Balaban J connectivity index is 4.88. The van der Waals surface area contributed by atoms with Crippen LogP contribution in [0.5, 0.6) is 0 Å². The first kappa shape index (κ1) is 23.5. The lowest BCUT2D eigenvalue weighted by Gasteiger charge is -2.40. The third-order valence-electron chi connectivity index (χ3n) is 4.13. The van der Waals surface area contributed by atoms with Gasteiger partial charge in [-0.25, -0.2) is 0 Å². The fraction of sp³-hybridized carbons (Fsp3) is 0.941. The van der Waals surface area contributed by atoms with Crippen molar-refractivity contribution in [3.63, 3.8) is 0 Å². The zero-order valence-corrected chi connectivity index (χ0v) is 18.3. The fourth-order valence-electron chi connectivity index (χ4n) is 1.96. The number of hydrogen-bond acceptors (Lipinski definition) is 5. The molecule has 144 valence electrons. The van der Waals surface area contributed by atoms with Gasteiger partial charge in [0.25, 0.3) is 0 Å². The van der Waals surface area contributed by atoms with Crippen LogP contribution in [-0.2, 0) is 23.4 Å². The van der Waals surface area contributed by atoms with E-state index in [0.29, 0.717) is 0 Å². The number of nitrogens with zero attached hydrogens (tertiary/aromatic N) is 1. The molecule has 0 bridgehead atoms. The molecule has 24 heavy (non-hydrogen) atoms. The van der Waals surface area contributed by atoms with Gasteiger partial charge >= 0.3 is 5.97 Å².